The molecule has 24 heavy (non-hydrogen) atoms. The van der Waals surface area contributed by atoms with Crippen LogP contribution in [0.2, 0.25) is 0 Å². The largest absolute Gasteiger partial charge is 0.398 e. The number of fused-ring (bicyclic) bond motifs is 5. The highest BCUT2D eigenvalue weighted by Gasteiger charge is 2.52. The van der Waals surface area contributed by atoms with Crippen LogP contribution in [0.1, 0.15) is 75.5 Å². The van der Waals surface area contributed by atoms with E-state index in [1.54, 1.807) is 11.1 Å². The third-order valence-corrected chi connectivity index (χ3v) is 7.35. The molecule has 1 aromatic rings. The lowest BCUT2D eigenvalue weighted by atomic mass is 9.55. The second-order valence-corrected chi connectivity index (χ2v) is 8.24. The molecule has 1 aromatic carbocycles. The Hall–Kier alpha value is -1.68. The maximum absolute atomic E-state index is 6.23. The molecule has 0 spiro atoms. The molecule has 3 aliphatic carbocycles. The van der Waals surface area contributed by atoms with E-state index in [1.807, 2.05) is 6.92 Å². The van der Waals surface area contributed by atoms with E-state index in [-0.39, 0.29) is 0 Å². The SMILES string of the molecule is CC#Cc1cc2c(cc1N)CCC1C2CCC2(C)/C(=C\C)CCC12. The molecule has 4 rings (SSSR count). The highest BCUT2D eigenvalue weighted by Crippen LogP contribution is 2.62. The first kappa shape index (κ1) is 15.8. The summed E-state index contributed by atoms with van der Waals surface area (Å²) in [4.78, 5) is 0. The molecule has 1 nitrogen and oxygen atoms in total. The van der Waals surface area contributed by atoms with E-state index < -0.39 is 0 Å². The zero-order valence-electron chi connectivity index (χ0n) is 15.3. The van der Waals surface area contributed by atoms with Gasteiger partial charge in [0.25, 0.3) is 0 Å². The van der Waals surface area contributed by atoms with Crippen molar-refractivity contribution < 1.29 is 0 Å². The van der Waals surface area contributed by atoms with Crippen LogP contribution in [0, 0.1) is 29.1 Å². The lowest BCUT2D eigenvalue weighted by Gasteiger charge is -2.49. The summed E-state index contributed by atoms with van der Waals surface area (Å²) in [6.07, 6.45) is 10.3. The van der Waals surface area contributed by atoms with Crippen molar-refractivity contribution in [2.24, 2.45) is 17.3 Å². The summed E-state index contributed by atoms with van der Waals surface area (Å²) in [7, 11) is 0. The van der Waals surface area contributed by atoms with Gasteiger partial charge in [0.15, 0.2) is 0 Å². The lowest BCUT2D eigenvalue weighted by Crippen LogP contribution is -2.40. The first-order valence-corrected chi connectivity index (χ1v) is 9.59. The van der Waals surface area contributed by atoms with Gasteiger partial charge < -0.3 is 5.73 Å². The Balaban J connectivity index is 1.74. The van der Waals surface area contributed by atoms with E-state index in [2.05, 4.69) is 43.9 Å². The fourth-order valence-electron chi connectivity index (χ4n) is 6.21. The average Bonchev–Trinajstić information content (AvgIpc) is 2.92. The second-order valence-electron chi connectivity index (χ2n) is 8.24. The van der Waals surface area contributed by atoms with E-state index >= 15 is 0 Å². The maximum atomic E-state index is 6.23. The Bertz CT molecular complexity index is 760. The third-order valence-electron chi connectivity index (χ3n) is 7.35. The number of allylic oxidation sites excluding steroid dienone is 2. The number of nitrogen functional groups attached to an aromatic ring is 1. The minimum atomic E-state index is 0.466. The molecule has 4 atom stereocenters. The van der Waals surface area contributed by atoms with Gasteiger partial charge in [0.05, 0.1) is 0 Å². The summed E-state index contributed by atoms with van der Waals surface area (Å²) in [6.45, 7) is 6.68. The number of benzene rings is 1. The van der Waals surface area contributed by atoms with Crippen molar-refractivity contribution in [2.75, 3.05) is 5.73 Å². The zero-order valence-corrected chi connectivity index (χ0v) is 15.3. The number of nitrogens with two attached hydrogens (primary N) is 1. The molecule has 2 fully saturated rings. The maximum Gasteiger partial charge on any atom is 0.0477 e. The third kappa shape index (κ3) is 2.16. The Labute approximate surface area is 146 Å². The van der Waals surface area contributed by atoms with Crippen LogP contribution >= 0.6 is 0 Å². The van der Waals surface area contributed by atoms with E-state index in [9.17, 15) is 0 Å². The van der Waals surface area contributed by atoms with Gasteiger partial charge in [-0.25, -0.2) is 0 Å². The molecule has 0 aliphatic heterocycles. The predicted octanol–water partition coefficient (Wildman–Crippen LogP) is 5.44. The van der Waals surface area contributed by atoms with Crippen LogP contribution in [0.4, 0.5) is 5.69 Å². The van der Waals surface area contributed by atoms with Gasteiger partial charge in [-0.2, -0.15) is 0 Å². The van der Waals surface area contributed by atoms with Gasteiger partial charge in [-0.15, -0.1) is 5.92 Å². The normalized spacial score (nSPS) is 35.6. The molecule has 1 heteroatoms. The molecule has 2 saturated carbocycles. The fourth-order valence-corrected chi connectivity index (χ4v) is 6.21. The number of hydrogen-bond donors (Lipinski definition) is 1. The first-order valence-electron chi connectivity index (χ1n) is 9.59. The standard InChI is InChI=1S/C23H29N/c1-4-6-16-13-20-15(14-22(16)24)7-9-19-18(20)11-12-23(3)17(5-2)8-10-21(19)23/h5,13-14,18-19,21H,7-12,24H2,1-3H3/b17-5-. The molecule has 4 unspecified atom stereocenters. The van der Waals surface area contributed by atoms with Crippen LogP contribution in [-0.4, -0.2) is 0 Å². The summed E-state index contributed by atoms with van der Waals surface area (Å²) < 4.78 is 0. The summed E-state index contributed by atoms with van der Waals surface area (Å²) in [5, 5.41) is 0. The Morgan fingerprint density at radius 3 is 2.79 bits per heavy atom. The van der Waals surface area contributed by atoms with E-state index in [4.69, 9.17) is 5.73 Å². The summed E-state index contributed by atoms with van der Waals surface area (Å²) in [5.74, 6) is 8.67. The molecule has 0 saturated heterocycles. The number of aryl methyl sites for hydroxylation is 1. The van der Waals surface area contributed by atoms with Crippen LogP contribution in [-0.2, 0) is 6.42 Å². The fraction of sp³-hybridized carbons (Fsp3) is 0.565. The molecular formula is C23H29N. The van der Waals surface area contributed by atoms with E-state index in [0.717, 1.165) is 29.0 Å². The van der Waals surface area contributed by atoms with Crippen LogP contribution in [0.3, 0.4) is 0 Å². The molecule has 0 aromatic heterocycles. The van der Waals surface area contributed by atoms with E-state index in [0.29, 0.717) is 5.41 Å². The quantitative estimate of drug-likeness (QED) is 0.384. The van der Waals surface area contributed by atoms with Gasteiger partial charge in [0, 0.05) is 11.3 Å². The average molecular weight is 319 g/mol. The smallest absolute Gasteiger partial charge is 0.0477 e. The number of rotatable bonds is 0. The Morgan fingerprint density at radius 2 is 2.04 bits per heavy atom. The Kier molecular flexibility index (Phi) is 3.75. The predicted molar refractivity (Wildman–Crippen MR) is 102 cm³/mol. The highest BCUT2D eigenvalue weighted by molar-refractivity contribution is 5.60. The molecule has 3 aliphatic rings. The van der Waals surface area contributed by atoms with Crippen LogP contribution in [0.5, 0.6) is 0 Å². The summed E-state index contributed by atoms with van der Waals surface area (Å²) >= 11 is 0. The zero-order chi connectivity index (χ0) is 16.9. The topological polar surface area (TPSA) is 26.0 Å². The lowest BCUT2D eigenvalue weighted by molar-refractivity contribution is 0.0814. The number of anilines is 1. The van der Waals surface area contributed by atoms with Gasteiger partial charge >= 0.3 is 0 Å². The molecule has 0 heterocycles. The summed E-state index contributed by atoms with van der Waals surface area (Å²) in [5.41, 5.74) is 13.4. The van der Waals surface area contributed by atoms with Crippen LogP contribution in [0.25, 0.3) is 0 Å². The van der Waals surface area contributed by atoms with Gasteiger partial charge in [-0.05, 0) is 98.8 Å². The van der Waals surface area contributed by atoms with Crippen molar-refractivity contribution in [2.45, 2.75) is 65.2 Å². The van der Waals surface area contributed by atoms with Crippen molar-refractivity contribution in [1.82, 2.24) is 0 Å². The van der Waals surface area contributed by atoms with Crippen molar-refractivity contribution in [3.63, 3.8) is 0 Å². The van der Waals surface area contributed by atoms with Crippen molar-refractivity contribution in [3.8, 4) is 11.8 Å². The van der Waals surface area contributed by atoms with Gasteiger partial charge in [-0.3, -0.25) is 0 Å². The molecule has 0 bridgehead atoms. The monoisotopic (exact) mass is 319 g/mol. The molecule has 0 amide bonds. The highest BCUT2D eigenvalue weighted by atomic mass is 14.6. The number of hydrogen-bond acceptors (Lipinski definition) is 1. The van der Waals surface area contributed by atoms with Crippen molar-refractivity contribution >= 4 is 5.69 Å². The van der Waals surface area contributed by atoms with Gasteiger partial charge in [0.2, 0.25) is 0 Å². The molecule has 0 radical (unpaired) electrons. The minimum Gasteiger partial charge on any atom is -0.398 e. The first-order chi connectivity index (χ1) is 11.6. The second kappa shape index (κ2) is 5.69. The van der Waals surface area contributed by atoms with Gasteiger partial charge in [-0.1, -0.05) is 24.5 Å². The van der Waals surface area contributed by atoms with Crippen LogP contribution < -0.4 is 5.73 Å². The van der Waals surface area contributed by atoms with E-state index in [1.165, 1.54) is 44.1 Å². The molecule has 2 N–H and O–H groups in total. The molecule has 126 valence electrons. The molecular weight excluding hydrogens is 290 g/mol. The summed E-state index contributed by atoms with van der Waals surface area (Å²) in [6, 6.07) is 4.54. The van der Waals surface area contributed by atoms with Crippen molar-refractivity contribution in [3.05, 3.63) is 40.5 Å². The van der Waals surface area contributed by atoms with Crippen molar-refractivity contribution in [1.29, 1.82) is 0 Å². The van der Waals surface area contributed by atoms with Crippen LogP contribution in [0.15, 0.2) is 23.8 Å². The Morgan fingerprint density at radius 1 is 1.21 bits per heavy atom. The van der Waals surface area contributed by atoms with Gasteiger partial charge in [0.1, 0.15) is 0 Å². The minimum absolute atomic E-state index is 0.466.